The smallest absolute Gasteiger partial charge is 0.252 e. The Bertz CT molecular complexity index is 1020. The number of aryl methyl sites for hydroxylation is 2. The molecule has 1 aliphatic heterocycles. The lowest BCUT2D eigenvalue weighted by Gasteiger charge is -2.16. The van der Waals surface area contributed by atoms with Gasteiger partial charge in [-0.15, -0.1) is 0 Å². The van der Waals surface area contributed by atoms with Gasteiger partial charge in [0.05, 0.1) is 11.4 Å². The van der Waals surface area contributed by atoms with Crippen molar-refractivity contribution in [2.75, 3.05) is 23.3 Å². The maximum Gasteiger partial charge on any atom is 0.252 e. The van der Waals surface area contributed by atoms with Crippen LogP contribution in [0.25, 0.3) is 11.3 Å². The van der Waals surface area contributed by atoms with Gasteiger partial charge in [-0.05, 0) is 43.9 Å². The number of anilines is 3. The molecule has 4 rings (SSSR count). The van der Waals surface area contributed by atoms with Crippen molar-refractivity contribution in [3.63, 3.8) is 0 Å². The van der Waals surface area contributed by atoms with E-state index in [0.717, 1.165) is 42.4 Å². The Morgan fingerprint density at radius 2 is 1.89 bits per heavy atom. The summed E-state index contributed by atoms with van der Waals surface area (Å²) in [6, 6.07) is 9.54. The van der Waals surface area contributed by atoms with Gasteiger partial charge in [-0.25, -0.2) is 15.0 Å². The van der Waals surface area contributed by atoms with E-state index in [2.05, 4.69) is 49.2 Å². The maximum absolute atomic E-state index is 12.2. The molecule has 0 unspecified atom stereocenters. The van der Waals surface area contributed by atoms with Crippen LogP contribution in [0.2, 0.25) is 0 Å². The molecule has 0 radical (unpaired) electrons. The molecule has 0 atom stereocenters. The van der Waals surface area contributed by atoms with Crippen LogP contribution in [0.5, 0.6) is 0 Å². The molecule has 0 spiro atoms. The molecule has 0 saturated carbocycles. The van der Waals surface area contributed by atoms with Crippen molar-refractivity contribution in [2.45, 2.75) is 33.1 Å². The van der Waals surface area contributed by atoms with E-state index < -0.39 is 0 Å². The van der Waals surface area contributed by atoms with Gasteiger partial charge in [0.25, 0.3) is 5.56 Å². The fourth-order valence-corrected chi connectivity index (χ4v) is 3.39. The van der Waals surface area contributed by atoms with Crippen molar-refractivity contribution in [1.82, 2.24) is 19.9 Å². The Hall–Kier alpha value is -3.22. The van der Waals surface area contributed by atoms with Crippen LogP contribution in [0.1, 0.15) is 31.0 Å². The zero-order valence-electron chi connectivity index (χ0n) is 16.2. The second-order valence-corrected chi connectivity index (χ2v) is 7.02. The Labute approximate surface area is 163 Å². The Kier molecular flexibility index (Phi) is 5.06. The third kappa shape index (κ3) is 3.88. The number of hydrogen-bond acceptors (Lipinski definition) is 6. The van der Waals surface area contributed by atoms with Crippen molar-refractivity contribution in [3.8, 4) is 11.3 Å². The Morgan fingerprint density at radius 3 is 2.57 bits per heavy atom. The molecule has 28 heavy (non-hydrogen) atoms. The zero-order valence-corrected chi connectivity index (χ0v) is 16.2. The summed E-state index contributed by atoms with van der Waals surface area (Å²) in [6.07, 6.45) is 5.09. The van der Waals surface area contributed by atoms with Crippen LogP contribution in [-0.2, 0) is 6.42 Å². The van der Waals surface area contributed by atoms with Crippen molar-refractivity contribution in [1.29, 1.82) is 0 Å². The van der Waals surface area contributed by atoms with Crippen molar-refractivity contribution in [3.05, 3.63) is 58.1 Å². The van der Waals surface area contributed by atoms with Gasteiger partial charge in [0.1, 0.15) is 0 Å². The van der Waals surface area contributed by atoms with Gasteiger partial charge in [0.2, 0.25) is 11.9 Å². The summed E-state index contributed by atoms with van der Waals surface area (Å²) in [5, 5.41) is 3.17. The normalized spacial score (nSPS) is 13.7. The summed E-state index contributed by atoms with van der Waals surface area (Å²) in [4.78, 5) is 30.8. The van der Waals surface area contributed by atoms with Crippen LogP contribution in [0, 0.1) is 6.92 Å². The summed E-state index contributed by atoms with van der Waals surface area (Å²) in [5.41, 5.74) is 4.04. The maximum atomic E-state index is 12.2. The standard InChI is InChI=1S/C21H24N6O/c1-3-15-6-8-16(9-7-15)24-20-25-18(12-19(28)26-20)17-13-22-21(23-14(17)2)27-10-4-5-11-27/h6-9,12-13H,3-5,10-11H2,1-2H3,(H2,24,25,26,28). The first-order chi connectivity index (χ1) is 13.6. The first-order valence-electron chi connectivity index (χ1n) is 9.68. The average molecular weight is 376 g/mol. The van der Waals surface area contributed by atoms with Gasteiger partial charge in [-0.1, -0.05) is 19.1 Å². The van der Waals surface area contributed by atoms with Gasteiger partial charge in [-0.2, -0.15) is 0 Å². The SMILES string of the molecule is CCc1ccc(Nc2nc(-c3cnc(N4CCCC4)nc3C)cc(=O)[nH]2)cc1. The summed E-state index contributed by atoms with van der Waals surface area (Å²) in [6.45, 7) is 6.03. The van der Waals surface area contributed by atoms with E-state index in [1.807, 2.05) is 19.1 Å². The molecule has 7 heteroatoms. The van der Waals surface area contributed by atoms with Crippen molar-refractivity contribution >= 4 is 17.6 Å². The number of aromatic amines is 1. The summed E-state index contributed by atoms with van der Waals surface area (Å²) in [5.74, 6) is 1.15. The quantitative estimate of drug-likeness (QED) is 0.709. The molecular weight excluding hydrogens is 352 g/mol. The third-order valence-electron chi connectivity index (χ3n) is 5.00. The lowest BCUT2D eigenvalue weighted by Crippen LogP contribution is -2.20. The molecule has 3 heterocycles. The molecule has 1 fully saturated rings. The minimum absolute atomic E-state index is 0.222. The number of nitrogens with zero attached hydrogens (tertiary/aromatic N) is 4. The number of H-pyrrole nitrogens is 1. The van der Waals surface area contributed by atoms with Gasteiger partial charge in [0, 0.05) is 36.6 Å². The van der Waals surface area contributed by atoms with E-state index in [1.165, 1.54) is 24.5 Å². The molecule has 2 aromatic heterocycles. The van der Waals surface area contributed by atoms with E-state index in [9.17, 15) is 4.79 Å². The van der Waals surface area contributed by atoms with Crippen molar-refractivity contribution in [2.24, 2.45) is 0 Å². The van der Waals surface area contributed by atoms with E-state index in [0.29, 0.717) is 11.6 Å². The molecule has 1 saturated heterocycles. The minimum atomic E-state index is -0.222. The second-order valence-electron chi connectivity index (χ2n) is 7.02. The fourth-order valence-electron chi connectivity index (χ4n) is 3.39. The Balaban J connectivity index is 1.62. The van der Waals surface area contributed by atoms with E-state index in [1.54, 1.807) is 6.20 Å². The zero-order chi connectivity index (χ0) is 19.5. The predicted octanol–water partition coefficient (Wildman–Crippen LogP) is 3.44. The monoisotopic (exact) mass is 376 g/mol. The molecule has 0 amide bonds. The highest BCUT2D eigenvalue weighted by atomic mass is 16.1. The molecule has 0 aliphatic carbocycles. The molecule has 3 aromatic rings. The molecular formula is C21H24N6O. The first kappa shape index (κ1) is 18.2. The van der Waals surface area contributed by atoms with Crippen LogP contribution < -0.4 is 15.8 Å². The lowest BCUT2D eigenvalue weighted by atomic mass is 10.1. The highest BCUT2D eigenvalue weighted by Crippen LogP contribution is 2.23. The Morgan fingerprint density at radius 1 is 1.14 bits per heavy atom. The largest absolute Gasteiger partial charge is 0.341 e. The number of aromatic nitrogens is 4. The third-order valence-corrected chi connectivity index (χ3v) is 5.00. The van der Waals surface area contributed by atoms with Gasteiger partial charge in [0.15, 0.2) is 0 Å². The number of benzene rings is 1. The van der Waals surface area contributed by atoms with Gasteiger partial charge >= 0.3 is 0 Å². The number of nitrogens with one attached hydrogen (secondary N) is 2. The first-order valence-corrected chi connectivity index (χ1v) is 9.68. The minimum Gasteiger partial charge on any atom is -0.341 e. The van der Waals surface area contributed by atoms with E-state index in [4.69, 9.17) is 0 Å². The van der Waals surface area contributed by atoms with Crippen molar-refractivity contribution < 1.29 is 0 Å². The average Bonchev–Trinajstić information content (AvgIpc) is 3.23. The molecule has 7 nitrogen and oxygen atoms in total. The molecule has 1 aromatic carbocycles. The summed E-state index contributed by atoms with van der Waals surface area (Å²) in [7, 11) is 0. The van der Waals surface area contributed by atoms with E-state index >= 15 is 0 Å². The topological polar surface area (TPSA) is 86.8 Å². The number of rotatable bonds is 5. The van der Waals surface area contributed by atoms with E-state index in [-0.39, 0.29) is 5.56 Å². The molecule has 1 aliphatic rings. The van der Waals surface area contributed by atoms with Crippen LogP contribution >= 0.6 is 0 Å². The summed E-state index contributed by atoms with van der Waals surface area (Å²) < 4.78 is 0. The fraction of sp³-hybridized carbons (Fsp3) is 0.333. The predicted molar refractivity (Wildman–Crippen MR) is 111 cm³/mol. The van der Waals surface area contributed by atoms with Crippen LogP contribution in [-0.4, -0.2) is 33.0 Å². The van der Waals surface area contributed by atoms with Crippen LogP contribution in [0.3, 0.4) is 0 Å². The highest BCUT2D eigenvalue weighted by Gasteiger charge is 2.17. The van der Waals surface area contributed by atoms with Gasteiger partial charge < -0.3 is 10.2 Å². The molecule has 2 N–H and O–H groups in total. The van der Waals surface area contributed by atoms with Crippen LogP contribution in [0.4, 0.5) is 17.6 Å². The molecule has 144 valence electrons. The molecule has 0 bridgehead atoms. The highest BCUT2D eigenvalue weighted by molar-refractivity contribution is 5.64. The van der Waals surface area contributed by atoms with Crippen LogP contribution in [0.15, 0.2) is 41.3 Å². The second kappa shape index (κ2) is 7.80. The lowest BCUT2D eigenvalue weighted by molar-refractivity contribution is 0.889. The summed E-state index contributed by atoms with van der Waals surface area (Å²) >= 11 is 0. The number of hydrogen-bond donors (Lipinski definition) is 2. The van der Waals surface area contributed by atoms with Gasteiger partial charge in [-0.3, -0.25) is 9.78 Å².